The molecule has 0 fully saturated rings. The summed E-state index contributed by atoms with van der Waals surface area (Å²) in [5.74, 6) is 0. The summed E-state index contributed by atoms with van der Waals surface area (Å²) in [5, 5.41) is 11.5. The molecule has 0 aliphatic carbocycles. The fourth-order valence-corrected chi connectivity index (χ4v) is 3.45. The Morgan fingerprint density at radius 2 is 1.78 bits per heavy atom. The predicted molar refractivity (Wildman–Crippen MR) is 95.9 cm³/mol. The van der Waals surface area contributed by atoms with Crippen LogP contribution >= 0.6 is 11.3 Å². The molecule has 23 heavy (non-hydrogen) atoms. The number of aliphatic hydroxyl groups excluding tert-OH is 1. The SMILES string of the molecule is CCc1ccc(N=c2scc(-c3ccccc3)n2CCO)cc1. The van der Waals surface area contributed by atoms with Gasteiger partial charge in [0.15, 0.2) is 4.80 Å². The summed E-state index contributed by atoms with van der Waals surface area (Å²) in [6.07, 6.45) is 1.03. The predicted octanol–water partition coefficient (Wildman–Crippen LogP) is 4.00. The van der Waals surface area contributed by atoms with Gasteiger partial charge < -0.3 is 9.67 Å². The molecule has 0 unspecified atom stereocenters. The molecule has 0 saturated carbocycles. The number of rotatable bonds is 5. The third-order valence-electron chi connectivity index (χ3n) is 3.76. The summed E-state index contributed by atoms with van der Waals surface area (Å²) in [6.45, 7) is 2.78. The van der Waals surface area contributed by atoms with E-state index in [0.717, 1.165) is 28.2 Å². The van der Waals surface area contributed by atoms with E-state index in [1.807, 2.05) is 30.3 Å². The number of thiazole rings is 1. The van der Waals surface area contributed by atoms with E-state index >= 15 is 0 Å². The van der Waals surface area contributed by atoms with E-state index < -0.39 is 0 Å². The minimum absolute atomic E-state index is 0.0958. The molecule has 0 amide bonds. The zero-order chi connectivity index (χ0) is 16.1. The van der Waals surface area contributed by atoms with E-state index in [2.05, 4.69) is 41.1 Å². The van der Waals surface area contributed by atoms with Gasteiger partial charge in [0, 0.05) is 11.9 Å². The first kappa shape index (κ1) is 15.7. The van der Waals surface area contributed by atoms with Crippen LogP contribution in [0.15, 0.2) is 65.0 Å². The summed E-state index contributed by atoms with van der Waals surface area (Å²) in [7, 11) is 0. The lowest BCUT2D eigenvalue weighted by atomic mass is 10.1. The molecule has 3 rings (SSSR count). The number of aryl methyl sites for hydroxylation is 1. The van der Waals surface area contributed by atoms with Gasteiger partial charge in [0.2, 0.25) is 0 Å². The van der Waals surface area contributed by atoms with Gasteiger partial charge in [0.1, 0.15) is 0 Å². The van der Waals surface area contributed by atoms with Gasteiger partial charge in [-0.3, -0.25) is 0 Å². The number of benzene rings is 2. The number of nitrogens with zero attached hydrogens (tertiary/aromatic N) is 2. The molecule has 1 aromatic heterocycles. The van der Waals surface area contributed by atoms with Gasteiger partial charge in [0.25, 0.3) is 0 Å². The molecule has 0 bridgehead atoms. The largest absolute Gasteiger partial charge is 0.395 e. The van der Waals surface area contributed by atoms with Crippen LogP contribution < -0.4 is 4.80 Å². The maximum atomic E-state index is 9.41. The molecule has 0 saturated heterocycles. The van der Waals surface area contributed by atoms with Gasteiger partial charge in [-0.25, -0.2) is 4.99 Å². The molecule has 3 aromatic rings. The van der Waals surface area contributed by atoms with Crippen LogP contribution in [0.5, 0.6) is 0 Å². The molecule has 0 atom stereocenters. The number of hydrogen-bond acceptors (Lipinski definition) is 3. The lowest BCUT2D eigenvalue weighted by molar-refractivity contribution is 0.275. The molecule has 1 N–H and O–H groups in total. The fraction of sp³-hybridized carbons (Fsp3) is 0.211. The topological polar surface area (TPSA) is 37.5 Å². The highest BCUT2D eigenvalue weighted by Gasteiger charge is 2.07. The Kier molecular flexibility index (Phi) is 5.05. The van der Waals surface area contributed by atoms with Crippen molar-refractivity contribution in [3.05, 3.63) is 70.3 Å². The second-order valence-corrected chi connectivity index (χ2v) is 6.11. The van der Waals surface area contributed by atoms with Crippen molar-refractivity contribution in [2.75, 3.05) is 6.61 Å². The Bertz CT molecular complexity index is 817. The second-order valence-electron chi connectivity index (χ2n) is 5.28. The Morgan fingerprint density at radius 3 is 2.43 bits per heavy atom. The van der Waals surface area contributed by atoms with Gasteiger partial charge in [0.05, 0.1) is 18.0 Å². The van der Waals surface area contributed by atoms with Crippen LogP contribution in [-0.2, 0) is 13.0 Å². The first-order valence-electron chi connectivity index (χ1n) is 7.80. The van der Waals surface area contributed by atoms with Crippen LogP contribution in [0.4, 0.5) is 5.69 Å². The highest BCUT2D eigenvalue weighted by molar-refractivity contribution is 7.07. The highest BCUT2D eigenvalue weighted by Crippen LogP contribution is 2.20. The third-order valence-corrected chi connectivity index (χ3v) is 4.62. The van der Waals surface area contributed by atoms with Crippen molar-refractivity contribution in [1.29, 1.82) is 0 Å². The van der Waals surface area contributed by atoms with Crippen molar-refractivity contribution in [3.63, 3.8) is 0 Å². The minimum Gasteiger partial charge on any atom is -0.395 e. The van der Waals surface area contributed by atoms with Gasteiger partial charge in [-0.15, -0.1) is 11.3 Å². The molecule has 1 heterocycles. The zero-order valence-electron chi connectivity index (χ0n) is 13.1. The van der Waals surface area contributed by atoms with Crippen LogP contribution in [0.1, 0.15) is 12.5 Å². The Morgan fingerprint density at radius 1 is 1.04 bits per heavy atom. The number of aromatic nitrogens is 1. The zero-order valence-corrected chi connectivity index (χ0v) is 14.0. The van der Waals surface area contributed by atoms with Crippen molar-refractivity contribution in [3.8, 4) is 11.3 Å². The first-order valence-corrected chi connectivity index (χ1v) is 8.68. The molecule has 3 nitrogen and oxygen atoms in total. The summed E-state index contributed by atoms with van der Waals surface area (Å²) in [4.78, 5) is 5.66. The van der Waals surface area contributed by atoms with E-state index in [9.17, 15) is 5.11 Å². The Hall–Kier alpha value is -2.17. The molecule has 4 heteroatoms. The van der Waals surface area contributed by atoms with Crippen molar-refractivity contribution < 1.29 is 5.11 Å². The van der Waals surface area contributed by atoms with Crippen LogP contribution in [0.25, 0.3) is 11.3 Å². The molecule has 2 aromatic carbocycles. The van der Waals surface area contributed by atoms with Crippen molar-refractivity contribution >= 4 is 17.0 Å². The molecule has 0 aliphatic rings. The van der Waals surface area contributed by atoms with Crippen LogP contribution in [0.2, 0.25) is 0 Å². The van der Waals surface area contributed by atoms with Gasteiger partial charge in [-0.2, -0.15) is 0 Å². The van der Waals surface area contributed by atoms with E-state index in [0.29, 0.717) is 6.54 Å². The molecular weight excluding hydrogens is 304 g/mol. The van der Waals surface area contributed by atoms with Crippen molar-refractivity contribution in [2.24, 2.45) is 4.99 Å². The molecule has 0 spiro atoms. The quantitative estimate of drug-likeness (QED) is 0.757. The van der Waals surface area contributed by atoms with E-state index in [1.165, 1.54) is 5.56 Å². The van der Waals surface area contributed by atoms with E-state index in [4.69, 9.17) is 4.99 Å². The first-order chi connectivity index (χ1) is 11.3. The van der Waals surface area contributed by atoms with Gasteiger partial charge >= 0.3 is 0 Å². The lowest BCUT2D eigenvalue weighted by Crippen LogP contribution is -2.17. The third kappa shape index (κ3) is 3.60. The van der Waals surface area contributed by atoms with E-state index in [1.54, 1.807) is 11.3 Å². The average molecular weight is 324 g/mol. The Balaban J connectivity index is 2.05. The summed E-state index contributed by atoms with van der Waals surface area (Å²) >= 11 is 1.60. The molecule has 0 aliphatic heterocycles. The number of aliphatic hydroxyl groups is 1. The standard InChI is InChI=1S/C19H20N2OS/c1-2-15-8-10-17(11-9-15)20-19-21(12-13-22)18(14-23-19)16-6-4-3-5-7-16/h3-11,14,22H,2,12-13H2,1H3. The maximum absolute atomic E-state index is 9.41. The normalized spacial score (nSPS) is 11.8. The molecule has 0 radical (unpaired) electrons. The smallest absolute Gasteiger partial charge is 0.190 e. The average Bonchev–Trinajstić information content (AvgIpc) is 2.99. The van der Waals surface area contributed by atoms with Crippen LogP contribution in [0, 0.1) is 0 Å². The molecular formula is C19H20N2OS. The monoisotopic (exact) mass is 324 g/mol. The minimum atomic E-state index is 0.0958. The van der Waals surface area contributed by atoms with Crippen molar-refractivity contribution in [1.82, 2.24) is 4.57 Å². The fourth-order valence-electron chi connectivity index (χ4n) is 2.49. The van der Waals surface area contributed by atoms with Crippen LogP contribution in [0.3, 0.4) is 0 Å². The lowest BCUT2D eigenvalue weighted by Gasteiger charge is -2.07. The Labute approximate surface area is 140 Å². The maximum Gasteiger partial charge on any atom is 0.190 e. The number of hydrogen-bond donors (Lipinski definition) is 1. The van der Waals surface area contributed by atoms with Crippen LogP contribution in [-0.4, -0.2) is 16.3 Å². The summed E-state index contributed by atoms with van der Waals surface area (Å²) in [6, 6.07) is 18.5. The highest BCUT2D eigenvalue weighted by atomic mass is 32.1. The van der Waals surface area contributed by atoms with Crippen molar-refractivity contribution in [2.45, 2.75) is 19.9 Å². The summed E-state index contributed by atoms with van der Waals surface area (Å²) in [5.41, 5.74) is 4.48. The molecule has 118 valence electrons. The second kappa shape index (κ2) is 7.40. The summed E-state index contributed by atoms with van der Waals surface area (Å²) < 4.78 is 2.08. The van der Waals surface area contributed by atoms with Gasteiger partial charge in [-0.05, 0) is 29.7 Å². The van der Waals surface area contributed by atoms with E-state index in [-0.39, 0.29) is 6.61 Å². The van der Waals surface area contributed by atoms with Gasteiger partial charge in [-0.1, -0.05) is 49.4 Å².